The molecule has 1 heterocycles. The minimum Gasteiger partial charge on any atom is -0.273 e. The molecule has 1 aliphatic heterocycles. The summed E-state index contributed by atoms with van der Waals surface area (Å²) in [5, 5.41) is 1.53. The van der Waals surface area contributed by atoms with Crippen LogP contribution in [0.1, 0.15) is 39.0 Å². The lowest BCUT2D eigenvalue weighted by Gasteiger charge is -2.25. The fraction of sp³-hybridized carbons (Fsp3) is 0.889. The molecule has 70 valence electrons. The number of nitrogens with zero attached hydrogens (tertiary/aromatic N) is 1. The zero-order chi connectivity index (χ0) is 8.81. The second-order valence-corrected chi connectivity index (χ2v) is 3.14. The van der Waals surface area contributed by atoms with Crippen molar-refractivity contribution < 1.29 is 9.63 Å². The van der Waals surface area contributed by atoms with Crippen molar-refractivity contribution in [1.29, 1.82) is 0 Å². The molecule has 0 N–H and O–H groups in total. The summed E-state index contributed by atoms with van der Waals surface area (Å²) in [5.74, 6) is 0.150. The lowest BCUT2D eigenvalue weighted by atomic mass is 10.2. The molecule has 1 saturated heterocycles. The predicted molar refractivity (Wildman–Crippen MR) is 46.4 cm³/mol. The van der Waals surface area contributed by atoms with Crippen LogP contribution in [-0.4, -0.2) is 24.1 Å². The van der Waals surface area contributed by atoms with E-state index in [1.165, 1.54) is 17.9 Å². The average Bonchev–Trinajstić information content (AvgIpc) is 2.09. The van der Waals surface area contributed by atoms with Crippen molar-refractivity contribution in [2.45, 2.75) is 39.0 Å². The summed E-state index contributed by atoms with van der Waals surface area (Å²) in [5.41, 5.74) is 0. The van der Waals surface area contributed by atoms with Crippen LogP contribution in [0.2, 0.25) is 0 Å². The van der Waals surface area contributed by atoms with Crippen LogP contribution in [0, 0.1) is 0 Å². The van der Waals surface area contributed by atoms with Crippen LogP contribution in [0.25, 0.3) is 0 Å². The molecular weight excluding hydrogens is 154 g/mol. The highest BCUT2D eigenvalue weighted by Gasteiger charge is 2.17. The molecule has 1 fully saturated rings. The topological polar surface area (TPSA) is 29.5 Å². The van der Waals surface area contributed by atoms with Gasteiger partial charge in [-0.1, -0.05) is 19.8 Å². The minimum absolute atomic E-state index is 0.150. The average molecular weight is 171 g/mol. The summed E-state index contributed by atoms with van der Waals surface area (Å²) >= 11 is 0. The Morgan fingerprint density at radius 2 is 2.33 bits per heavy atom. The molecule has 1 aliphatic rings. The van der Waals surface area contributed by atoms with Gasteiger partial charge in [-0.2, -0.15) is 0 Å². The smallest absolute Gasteiger partial charge is 0.246 e. The Morgan fingerprint density at radius 3 is 3.00 bits per heavy atom. The SMILES string of the molecule is CCCCCN1OCCCC1=O. The van der Waals surface area contributed by atoms with Crippen LogP contribution in [0.5, 0.6) is 0 Å². The lowest BCUT2D eigenvalue weighted by molar-refractivity contribution is -0.198. The predicted octanol–water partition coefficient (Wildman–Crippen LogP) is 1.73. The first-order valence-electron chi connectivity index (χ1n) is 4.78. The Labute approximate surface area is 73.6 Å². The molecule has 12 heavy (non-hydrogen) atoms. The lowest BCUT2D eigenvalue weighted by Crippen LogP contribution is -2.36. The highest BCUT2D eigenvalue weighted by molar-refractivity contribution is 5.75. The van der Waals surface area contributed by atoms with E-state index < -0.39 is 0 Å². The standard InChI is InChI=1S/C9H17NO2/c1-2-3-4-7-10-9(11)6-5-8-12-10/h2-8H2,1H3. The molecule has 0 aliphatic carbocycles. The first kappa shape index (κ1) is 9.52. The zero-order valence-corrected chi connectivity index (χ0v) is 7.71. The van der Waals surface area contributed by atoms with Gasteiger partial charge in [0.05, 0.1) is 6.61 Å². The van der Waals surface area contributed by atoms with Crippen LogP contribution < -0.4 is 0 Å². The van der Waals surface area contributed by atoms with E-state index in [0.29, 0.717) is 13.0 Å². The molecule has 0 unspecified atom stereocenters. The minimum atomic E-state index is 0.150. The quantitative estimate of drug-likeness (QED) is 0.603. The van der Waals surface area contributed by atoms with E-state index in [4.69, 9.17) is 4.84 Å². The first-order valence-corrected chi connectivity index (χ1v) is 4.78. The van der Waals surface area contributed by atoms with E-state index in [9.17, 15) is 4.79 Å². The van der Waals surface area contributed by atoms with E-state index in [-0.39, 0.29) is 5.91 Å². The number of amides is 1. The van der Waals surface area contributed by atoms with Gasteiger partial charge < -0.3 is 0 Å². The second-order valence-electron chi connectivity index (χ2n) is 3.14. The van der Waals surface area contributed by atoms with Crippen molar-refractivity contribution in [2.24, 2.45) is 0 Å². The molecule has 0 aromatic rings. The van der Waals surface area contributed by atoms with Crippen LogP contribution >= 0.6 is 0 Å². The van der Waals surface area contributed by atoms with Gasteiger partial charge in [-0.05, 0) is 12.8 Å². The zero-order valence-electron chi connectivity index (χ0n) is 7.71. The van der Waals surface area contributed by atoms with Gasteiger partial charge in [0.1, 0.15) is 0 Å². The van der Waals surface area contributed by atoms with E-state index in [1.807, 2.05) is 0 Å². The molecule has 0 spiro atoms. The second kappa shape index (κ2) is 5.14. The molecule has 0 radical (unpaired) electrons. The third-order valence-corrected chi connectivity index (χ3v) is 2.03. The van der Waals surface area contributed by atoms with Gasteiger partial charge >= 0.3 is 0 Å². The van der Waals surface area contributed by atoms with Crippen LogP contribution in [0.4, 0.5) is 0 Å². The summed E-state index contributed by atoms with van der Waals surface area (Å²) in [6.07, 6.45) is 4.95. The summed E-state index contributed by atoms with van der Waals surface area (Å²) in [6, 6.07) is 0. The van der Waals surface area contributed by atoms with Crippen molar-refractivity contribution in [3.05, 3.63) is 0 Å². The Hall–Kier alpha value is -0.570. The van der Waals surface area contributed by atoms with E-state index in [1.54, 1.807) is 0 Å². The monoisotopic (exact) mass is 171 g/mol. The Bertz CT molecular complexity index is 147. The Morgan fingerprint density at radius 1 is 1.50 bits per heavy atom. The number of hydroxylamine groups is 2. The number of rotatable bonds is 4. The van der Waals surface area contributed by atoms with Crippen LogP contribution in [-0.2, 0) is 9.63 Å². The van der Waals surface area contributed by atoms with E-state index in [0.717, 1.165) is 19.4 Å². The molecule has 0 atom stereocenters. The van der Waals surface area contributed by atoms with Crippen molar-refractivity contribution in [1.82, 2.24) is 5.06 Å². The molecular formula is C9H17NO2. The maximum atomic E-state index is 11.2. The van der Waals surface area contributed by atoms with Gasteiger partial charge in [0.2, 0.25) is 5.91 Å². The van der Waals surface area contributed by atoms with Gasteiger partial charge in [-0.25, -0.2) is 5.06 Å². The summed E-state index contributed by atoms with van der Waals surface area (Å²) < 4.78 is 0. The number of hydrogen-bond donors (Lipinski definition) is 0. The highest BCUT2D eigenvalue weighted by Crippen LogP contribution is 2.09. The highest BCUT2D eigenvalue weighted by atomic mass is 16.7. The maximum absolute atomic E-state index is 11.2. The molecule has 0 aromatic carbocycles. The molecule has 3 nitrogen and oxygen atoms in total. The maximum Gasteiger partial charge on any atom is 0.246 e. The van der Waals surface area contributed by atoms with Gasteiger partial charge in [0, 0.05) is 13.0 Å². The molecule has 1 amide bonds. The molecule has 0 bridgehead atoms. The van der Waals surface area contributed by atoms with Crippen molar-refractivity contribution in [2.75, 3.05) is 13.2 Å². The van der Waals surface area contributed by atoms with E-state index >= 15 is 0 Å². The molecule has 1 rings (SSSR count). The summed E-state index contributed by atoms with van der Waals surface area (Å²) in [6.45, 7) is 3.63. The molecule has 0 saturated carbocycles. The van der Waals surface area contributed by atoms with Crippen molar-refractivity contribution in [3.8, 4) is 0 Å². The Kier molecular flexibility index (Phi) is 4.08. The number of unbranched alkanes of at least 4 members (excludes halogenated alkanes) is 2. The van der Waals surface area contributed by atoms with Crippen LogP contribution in [0.3, 0.4) is 0 Å². The van der Waals surface area contributed by atoms with Gasteiger partial charge in [0.25, 0.3) is 0 Å². The number of hydrogen-bond acceptors (Lipinski definition) is 2. The van der Waals surface area contributed by atoms with Gasteiger partial charge in [-0.3, -0.25) is 9.63 Å². The van der Waals surface area contributed by atoms with Crippen molar-refractivity contribution in [3.63, 3.8) is 0 Å². The summed E-state index contributed by atoms with van der Waals surface area (Å²) in [7, 11) is 0. The number of carbonyl (C=O) groups excluding carboxylic acids is 1. The fourth-order valence-corrected chi connectivity index (χ4v) is 1.29. The first-order chi connectivity index (χ1) is 5.84. The summed E-state index contributed by atoms with van der Waals surface area (Å²) in [4.78, 5) is 16.4. The molecule has 0 aromatic heterocycles. The normalized spacial score (nSPS) is 18.4. The third kappa shape index (κ3) is 2.81. The third-order valence-electron chi connectivity index (χ3n) is 2.03. The van der Waals surface area contributed by atoms with Crippen LogP contribution in [0.15, 0.2) is 0 Å². The Balaban J connectivity index is 2.16. The van der Waals surface area contributed by atoms with Crippen molar-refractivity contribution >= 4 is 5.91 Å². The van der Waals surface area contributed by atoms with E-state index in [2.05, 4.69) is 6.92 Å². The number of carbonyl (C=O) groups is 1. The fourth-order valence-electron chi connectivity index (χ4n) is 1.29. The van der Waals surface area contributed by atoms with Gasteiger partial charge in [0.15, 0.2) is 0 Å². The molecule has 3 heteroatoms. The van der Waals surface area contributed by atoms with Gasteiger partial charge in [-0.15, -0.1) is 0 Å². The largest absolute Gasteiger partial charge is 0.273 e.